The predicted octanol–water partition coefficient (Wildman–Crippen LogP) is 0.785. The molecule has 2 aromatic rings. The number of nitro groups is 1. The van der Waals surface area contributed by atoms with Crippen LogP contribution in [0.25, 0.3) is 11.4 Å². The van der Waals surface area contributed by atoms with E-state index in [9.17, 15) is 10.1 Å². The van der Waals surface area contributed by atoms with Crippen LogP contribution < -0.4 is 5.32 Å². The van der Waals surface area contributed by atoms with Gasteiger partial charge in [0.05, 0.1) is 11.5 Å². The quantitative estimate of drug-likeness (QED) is 0.637. The molecule has 1 fully saturated rings. The van der Waals surface area contributed by atoms with Crippen LogP contribution in [-0.2, 0) is 6.54 Å². The van der Waals surface area contributed by atoms with E-state index < -0.39 is 4.92 Å². The molecule has 3 rings (SSSR count). The van der Waals surface area contributed by atoms with E-state index in [1.165, 1.54) is 12.1 Å². The lowest BCUT2D eigenvalue weighted by atomic mass is 10.2. The lowest BCUT2D eigenvalue weighted by molar-refractivity contribution is -0.384. The number of rotatable bonds is 4. The second-order valence-electron chi connectivity index (χ2n) is 4.94. The molecule has 0 radical (unpaired) electrons. The summed E-state index contributed by atoms with van der Waals surface area (Å²) in [5.74, 6) is 1.27. The third-order valence-electron chi connectivity index (χ3n) is 3.43. The molecule has 0 amide bonds. The van der Waals surface area contributed by atoms with Crippen LogP contribution in [-0.4, -0.2) is 51.2 Å². The van der Waals surface area contributed by atoms with E-state index in [1.807, 2.05) is 0 Å². The molecule has 110 valence electrons. The Balaban J connectivity index is 1.75. The Morgan fingerprint density at radius 1 is 1.33 bits per heavy atom. The molecule has 0 saturated carbocycles. The summed E-state index contributed by atoms with van der Waals surface area (Å²) >= 11 is 0. The number of nitro benzene ring substituents is 1. The van der Waals surface area contributed by atoms with Crippen LogP contribution in [0.4, 0.5) is 5.69 Å². The molecule has 1 aromatic carbocycles. The minimum absolute atomic E-state index is 0.0426. The van der Waals surface area contributed by atoms with Crippen LogP contribution in [0.3, 0.4) is 0 Å². The Morgan fingerprint density at radius 2 is 2.14 bits per heavy atom. The van der Waals surface area contributed by atoms with Gasteiger partial charge in [-0.05, 0) is 0 Å². The van der Waals surface area contributed by atoms with Crippen LogP contribution in [0.2, 0.25) is 0 Å². The zero-order chi connectivity index (χ0) is 14.7. The molecule has 0 bridgehead atoms. The van der Waals surface area contributed by atoms with Crippen molar-refractivity contribution in [2.24, 2.45) is 0 Å². The largest absolute Gasteiger partial charge is 0.314 e. The second-order valence-corrected chi connectivity index (χ2v) is 4.94. The maximum atomic E-state index is 10.8. The highest BCUT2D eigenvalue weighted by Crippen LogP contribution is 2.20. The molecule has 8 heteroatoms. The van der Waals surface area contributed by atoms with Gasteiger partial charge in [0, 0.05) is 43.9 Å². The summed E-state index contributed by atoms with van der Waals surface area (Å²) in [4.78, 5) is 17.1. The highest BCUT2D eigenvalue weighted by atomic mass is 16.6. The van der Waals surface area contributed by atoms with Crippen molar-refractivity contribution >= 4 is 5.69 Å². The molecule has 0 spiro atoms. The van der Waals surface area contributed by atoms with Gasteiger partial charge < -0.3 is 5.32 Å². The maximum Gasteiger partial charge on any atom is 0.270 e. The summed E-state index contributed by atoms with van der Waals surface area (Å²) in [6, 6.07) is 6.35. The molecule has 1 aliphatic heterocycles. The maximum absolute atomic E-state index is 10.8. The minimum Gasteiger partial charge on any atom is -0.314 e. The summed E-state index contributed by atoms with van der Waals surface area (Å²) in [7, 11) is 0. The predicted molar refractivity (Wildman–Crippen MR) is 76.6 cm³/mol. The van der Waals surface area contributed by atoms with E-state index in [0.29, 0.717) is 17.9 Å². The van der Waals surface area contributed by atoms with Gasteiger partial charge in [-0.15, -0.1) is 0 Å². The summed E-state index contributed by atoms with van der Waals surface area (Å²) < 4.78 is 0. The Morgan fingerprint density at radius 3 is 2.90 bits per heavy atom. The van der Waals surface area contributed by atoms with Crippen molar-refractivity contribution in [2.45, 2.75) is 6.54 Å². The molecule has 1 aliphatic rings. The third kappa shape index (κ3) is 3.23. The first kappa shape index (κ1) is 13.7. The second kappa shape index (κ2) is 5.98. The fourth-order valence-electron chi connectivity index (χ4n) is 2.33. The van der Waals surface area contributed by atoms with Gasteiger partial charge in [-0.2, -0.15) is 5.10 Å². The number of benzene rings is 1. The third-order valence-corrected chi connectivity index (χ3v) is 3.43. The fourth-order valence-corrected chi connectivity index (χ4v) is 2.33. The number of aromatic nitrogens is 3. The molecule has 2 heterocycles. The molecule has 0 aliphatic carbocycles. The normalized spacial score (nSPS) is 16.0. The van der Waals surface area contributed by atoms with E-state index in [4.69, 9.17) is 0 Å². The minimum atomic E-state index is -0.419. The van der Waals surface area contributed by atoms with Gasteiger partial charge >= 0.3 is 0 Å². The van der Waals surface area contributed by atoms with Gasteiger partial charge in [-0.3, -0.25) is 20.1 Å². The Hall–Kier alpha value is -2.32. The standard InChI is InChI=1S/C13H16N6O2/c20-19(21)11-3-1-2-10(8-11)13-15-12(16-17-13)9-18-6-4-14-5-7-18/h1-3,8,14H,4-7,9H2,(H,15,16,17). The smallest absolute Gasteiger partial charge is 0.270 e. The van der Waals surface area contributed by atoms with Crippen molar-refractivity contribution in [3.05, 3.63) is 40.2 Å². The summed E-state index contributed by atoms with van der Waals surface area (Å²) in [5.41, 5.74) is 0.688. The van der Waals surface area contributed by atoms with E-state index in [0.717, 1.165) is 32.0 Å². The molecule has 0 unspecified atom stereocenters. The number of nitrogens with one attached hydrogen (secondary N) is 2. The number of aromatic amines is 1. The van der Waals surface area contributed by atoms with Crippen molar-refractivity contribution in [3.63, 3.8) is 0 Å². The first-order chi connectivity index (χ1) is 10.2. The van der Waals surface area contributed by atoms with Crippen LogP contribution in [0.1, 0.15) is 5.82 Å². The molecular weight excluding hydrogens is 272 g/mol. The molecule has 2 N–H and O–H groups in total. The van der Waals surface area contributed by atoms with Gasteiger partial charge in [0.25, 0.3) is 5.69 Å². The van der Waals surface area contributed by atoms with Gasteiger partial charge in [-0.25, -0.2) is 4.98 Å². The first-order valence-corrected chi connectivity index (χ1v) is 6.81. The number of nitrogens with zero attached hydrogens (tertiary/aromatic N) is 4. The highest BCUT2D eigenvalue weighted by Gasteiger charge is 2.14. The molecule has 8 nitrogen and oxygen atoms in total. The highest BCUT2D eigenvalue weighted by molar-refractivity contribution is 5.58. The summed E-state index contributed by atoms with van der Waals surface area (Å²) in [5, 5.41) is 21.2. The van der Waals surface area contributed by atoms with Gasteiger partial charge in [0.1, 0.15) is 5.82 Å². The van der Waals surface area contributed by atoms with Crippen molar-refractivity contribution in [1.29, 1.82) is 0 Å². The number of hydrogen-bond donors (Lipinski definition) is 2. The monoisotopic (exact) mass is 288 g/mol. The topological polar surface area (TPSA) is 100.0 Å². The van der Waals surface area contributed by atoms with E-state index >= 15 is 0 Å². The van der Waals surface area contributed by atoms with E-state index in [1.54, 1.807) is 12.1 Å². The number of hydrogen-bond acceptors (Lipinski definition) is 6. The zero-order valence-corrected chi connectivity index (χ0v) is 11.5. The summed E-state index contributed by atoms with van der Waals surface area (Å²) in [6.45, 7) is 4.63. The number of non-ortho nitro benzene ring substituents is 1. The molecule has 1 aromatic heterocycles. The Labute approximate surface area is 121 Å². The van der Waals surface area contributed by atoms with Crippen LogP contribution in [0, 0.1) is 10.1 Å². The average molecular weight is 288 g/mol. The molecule has 1 saturated heterocycles. The zero-order valence-electron chi connectivity index (χ0n) is 11.5. The van der Waals surface area contributed by atoms with Gasteiger partial charge in [0.2, 0.25) is 0 Å². The van der Waals surface area contributed by atoms with Gasteiger partial charge in [-0.1, -0.05) is 12.1 Å². The van der Waals surface area contributed by atoms with Crippen molar-refractivity contribution < 1.29 is 4.92 Å². The van der Waals surface area contributed by atoms with Crippen molar-refractivity contribution in [2.75, 3.05) is 26.2 Å². The average Bonchev–Trinajstić information content (AvgIpc) is 2.97. The Kier molecular flexibility index (Phi) is 3.89. The van der Waals surface area contributed by atoms with Crippen LogP contribution in [0.15, 0.2) is 24.3 Å². The lowest BCUT2D eigenvalue weighted by Crippen LogP contribution is -2.43. The lowest BCUT2D eigenvalue weighted by Gasteiger charge is -2.25. The van der Waals surface area contributed by atoms with E-state index in [2.05, 4.69) is 25.4 Å². The van der Waals surface area contributed by atoms with Crippen molar-refractivity contribution in [3.8, 4) is 11.4 Å². The fraction of sp³-hybridized carbons (Fsp3) is 0.385. The Bertz CT molecular complexity index is 635. The SMILES string of the molecule is O=[N+]([O-])c1cccc(-c2n[nH]c(CN3CCNCC3)n2)c1. The molecular formula is C13H16N6O2. The van der Waals surface area contributed by atoms with Crippen LogP contribution >= 0.6 is 0 Å². The van der Waals surface area contributed by atoms with Crippen molar-refractivity contribution in [1.82, 2.24) is 25.4 Å². The first-order valence-electron chi connectivity index (χ1n) is 6.81. The van der Waals surface area contributed by atoms with E-state index in [-0.39, 0.29) is 5.69 Å². The van der Waals surface area contributed by atoms with Gasteiger partial charge in [0.15, 0.2) is 5.82 Å². The number of piperazine rings is 1. The van der Waals surface area contributed by atoms with Crippen LogP contribution in [0.5, 0.6) is 0 Å². The number of H-pyrrole nitrogens is 1. The summed E-state index contributed by atoms with van der Waals surface area (Å²) in [6.07, 6.45) is 0. The molecule has 21 heavy (non-hydrogen) atoms. The molecule has 0 atom stereocenters.